The van der Waals surface area contributed by atoms with E-state index in [0.717, 1.165) is 29.9 Å². The Labute approximate surface area is 194 Å². The van der Waals surface area contributed by atoms with E-state index in [1.807, 2.05) is 32.0 Å². The van der Waals surface area contributed by atoms with Crippen LogP contribution >= 0.6 is 0 Å². The van der Waals surface area contributed by atoms with Gasteiger partial charge in [0.05, 0.1) is 18.1 Å². The lowest BCUT2D eigenvalue weighted by Crippen LogP contribution is -2.36. The molecule has 1 saturated heterocycles. The zero-order valence-corrected chi connectivity index (χ0v) is 19.5. The van der Waals surface area contributed by atoms with Gasteiger partial charge in [-0.05, 0) is 85.6 Å². The van der Waals surface area contributed by atoms with E-state index in [1.54, 1.807) is 36.4 Å². The van der Waals surface area contributed by atoms with Gasteiger partial charge in [-0.15, -0.1) is 0 Å². The van der Waals surface area contributed by atoms with E-state index in [4.69, 9.17) is 4.74 Å². The number of carbonyl (C=O) groups is 1. The van der Waals surface area contributed by atoms with Crippen LogP contribution in [0.1, 0.15) is 21.5 Å². The summed E-state index contributed by atoms with van der Waals surface area (Å²) in [7, 11) is -3.73. The topological polar surface area (TPSA) is 87.7 Å². The van der Waals surface area contributed by atoms with Crippen molar-refractivity contribution in [3.05, 3.63) is 83.4 Å². The van der Waals surface area contributed by atoms with Crippen molar-refractivity contribution in [3.8, 4) is 0 Å². The second kappa shape index (κ2) is 9.64. The van der Waals surface area contributed by atoms with Crippen molar-refractivity contribution in [1.82, 2.24) is 0 Å². The van der Waals surface area contributed by atoms with Gasteiger partial charge in [0.25, 0.3) is 15.9 Å². The summed E-state index contributed by atoms with van der Waals surface area (Å²) in [6.45, 7) is 6.97. The molecule has 1 aliphatic heterocycles. The first kappa shape index (κ1) is 22.8. The molecule has 3 aromatic rings. The van der Waals surface area contributed by atoms with Crippen LogP contribution < -0.4 is 14.9 Å². The number of hydrogen-bond donors (Lipinski definition) is 2. The maximum Gasteiger partial charge on any atom is 0.261 e. The van der Waals surface area contributed by atoms with Gasteiger partial charge >= 0.3 is 0 Å². The monoisotopic (exact) mass is 465 g/mol. The van der Waals surface area contributed by atoms with Crippen molar-refractivity contribution in [3.63, 3.8) is 0 Å². The fraction of sp³-hybridized carbons (Fsp3) is 0.240. The van der Waals surface area contributed by atoms with E-state index in [2.05, 4.69) is 14.9 Å². The first-order valence-corrected chi connectivity index (χ1v) is 12.2. The van der Waals surface area contributed by atoms with Gasteiger partial charge in [-0.2, -0.15) is 0 Å². The lowest BCUT2D eigenvalue weighted by molar-refractivity contribution is 0.102. The molecule has 4 rings (SSSR count). The summed E-state index contributed by atoms with van der Waals surface area (Å²) in [6, 6.07) is 18.9. The normalized spacial score (nSPS) is 14.1. The largest absolute Gasteiger partial charge is 0.378 e. The van der Waals surface area contributed by atoms with Gasteiger partial charge in [0, 0.05) is 35.7 Å². The predicted molar refractivity (Wildman–Crippen MR) is 131 cm³/mol. The summed E-state index contributed by atoms with van der Waals surface area (Å²) >= 11 is 0. The van der Waals surface area contributed by atoms with Crippen molar-refractivity contribution in [2.45, 2.75) is 18.7 Å². The molecule has 0 aliphatic carbocycles. The number of amides is 1. The zero-order valence-electron chi connectivity index (χ0n) is 18.7. The minimum atomic E-state index is -3.73. The molecule has 0 atom stereocenters. The number of sulfonamides is 1. The predicted octanol–water partition coefficient (Wildman–Crippen LogP) is 4.19. The molecule has 1 amide bonds. The number of nitrogens with one attached hydrogen (secondary N) is 2. The highest BCUT2D eigenvalue weighted by atomic mass is 32.2. The average molecular weight is 466 g/mol. The van der Waals surface area contributed by atoms with Crippen LogP contribution in [0.4, 0.5) is 17.1 Å². The third kappa shape index (κ3) is 5.53. The number of rotatable bonds is 6. The quantitative estimate of drug-likeness (QED) is 0.570. The molecule has 0 aromatic heterocycles. The SMILES string of the molecule is Cc1ccc(NS(=O)(=O)c2ccc(NC(=O)c3ccc(N4CCOCC4)cc3)cc2)cc1C. The highest BCUT2D eigenvalue weighted by molar-refractivity contribution is 7.92. The molecule has 1 heterocycles. The van der Waals surface area contributed by atoms with Gasteiger partial charge in [-0.25, -0.2) is 8.42 Å². The number of anilines is 3. The summed E-state index contributed by atoms with van der Waals surface area (Å²) in [5, 5.41) is 2.81. The number of nitrogens with zero attached hydrogens (tertiary/aromatic N) is 1. The number of carbonyl (C=O) groups excluding carboxylic acids is 1. The van der Waals surface area contributed by atoms with Crippen LogP contribution in [0.25, 0.3) is 0 Å². The summed E-state index contributed by atoms with van der Waals surface area (Å²) in [6.07, 6.45) is 0. The van der Waals surface area contributed by atoms with Gasteiger partial charge in [0.2, 0.25) is 0 Å². The van der Waals surface area contributed by atoms with Crippen molar-refractivity contribution in [2.75, 3.05) is 41.2 Å². The Morgan fingerprint density at radius 1 is 0.848 bits per heavy atom. The number of morpholine rings is 1. The number of hydrogen-bond acceptors (Lipinski definition) is 5. The Balaban J connectivity index is 1.40. The minimum absolute atomic E-state index is 0.119. The summed E-state index contributed by atoms with van der Waals surface area (Å²) in [5.74, 6) is -0.257. The van der Waals surface area contributed by atoms with Crippen molar-refractivity contribution in [2.24, 2.45) is 0 Å². The van der Waals surface area contributed by atoms with Crippen molar-refractivity contribution >= 4 is 33.0 Å². The molecule has 8 heteroatoms. The second-order valence-electron chi connectivity index (χ2n) is 8.03. The van der Waals surface area contributed by atoms with Gasteiger partial charge in [-0.3, -0.25) is 9.52 Å². The lowest BCUT2D eigenvalue weighted by atomic mass is 10.1. The molecule has 0 unspecified atom stereocenters. The van der Waals surface area contributed by atoms with Crippen molar-refractivity contribution < 1.29 is 17.9 Å². The van der Waals surface area contributed by atoms with Crippen LogP contribution in [-0.2, 0) is 14.8 Å². The molecule has 0 radical (unpaired) electrons. The molecule has 2 N–H and O–H groups in total. The summed E-state index contributed by atoms with van der Waals surface area (Å²) in [5.41, 5.74) is 4.71. The molecule has 3 aromatic carbocycles. The lowest BCUT2D eigenvalue weighted by Gasteiger charge is -2.28. The maximum atomic E-state index is 12.7. The number of aryl methyl sites for hydroxylation is 2. The van der Waals surface area contributed by atoms with Crippen LogP contribution in [0.5, 0.6) is 0 Å². The fourth-order valence-electron chi connectivity index (χ4n) is 3.58. The summed E-state index contributed by atoms with van der Waals surface area (Å²) in [4.78, 5) is 14.9. The molecule has 0 spiro atoms. The first-order valence-electron chi connectivity index (χ1n) is 10.8. The van der Waals surface area contributed by atoms with Crippen LogP contribution in [0.2, 0.25) is 0 Å². The fourth-order valence-corrected chi connectivity index (χ4v) is 4.63. The van der Waals surface area contributed by atoms with E-state index in [1.165, 1.54) is 12.1 Å². The van der Waals surface area contributed by atoms with Crippen LogP contribution in [-0.4, -0.2) is 40.6 Å². The first-order chi connectivity index (χ1) is 15.8. The molecule has 172 valence electrons. The molecular weight excluding hydrogens is 438 g/mol. The molecule has 1 aliphatic rings. The van der Waals surface area contributed by atoms with Crippen molar-refractivity contribution in [1.29, 1.82) is 0 Å². The maximum absolute atomic E-state index is 12.7. The summed E-state index contributed by atoms with van der Waals surface area (Å²) < 4.78 is 33.4. The van der Waals surface area contributed by atoms with Crippen LogP contribution in [0.15, 0.2) is 71.6 Å². The molecule has 0 bridgehead atoms. The van der Waals surface area contributed by atoms with E-state index in [-0.39, 0.29) is 10.8 Å². The Bertz CT molecular complexity index is 1230. The van der Waals surface area contributed by atoms with E-state index in [0.29, 0.717) is 30.2 Å². The Morgan fingerprint density at radius 3 is 2.12 bits per heavy atom. The second-order valence-corrected chi connectivity index (χ2v) is 9.71. The van der Waals surface area contributed by atoms with Crippen LogP contribution in [0.3, 0.4) is 0 Å². The van der Waals surface area contributed by atoms with Crippen LogP contribution in [0, 0.1) is 13.8 Å². The van der Waals surface area contributed by atoms with Gasteiger partial charge in [0.1, 0.15) is 0 Å². The highest BCUT2D eigenvalue weighted by Gasteiger charge is 2.16. The third-order valence-electron chi connectivity index (χ3n) is 5.69. The third-order valence-corrected chi connectivity index (χ3v) is 7.08. The Hall–Kier alpha value is -3.36. The molecule has 1 fully saturated rings. The van der Waals surface area contributed by atoms with E-state index < -0.39 is 10.0 Å². The molecule has 33 heavy (non-hydrogen) atoms. The molecule has 0 saturated carbocycles. The molecule has 7 nitrogen and oxygen atoms in total. The highest BCUT2D eigenvalue weighted by Crippen LogP contribution is 2.21. The Kier molecular flexibility index (Phi) is 6.67. The zero-order chi connectivity index (χ0) is 23.4. The van der Waals surface area contributed by atoms with Gasteiger partial charge < -0.3 is 15.0 Å². The van der Waals surface area contributed by atoms with Gasteiger partial charge in [0.15, 0.2) is 0 Å². The average Bonchev–Trinajstić information content (AvgIpc) is 2.82. The van der Waals surface area contributed by atoms with Gasteiger partial charge in [-0.1, -0.05) is 6.07 Å². The smallest absolute Gasteiger partial charge is 0.261 e. The number of benzene rings is 3. The molecular formula is C25H27N3O4S. The standard InChI is InChI=1S/C25H27N3O4S/c1-18-3-6-22(17-19(18)2)27-33(30,31)24-11-7-21(8-12-24)26-25(29)20-4-9-23(10-5-20)28-13-15-32-16-14-28/h3-12,17,27H,13-16H2,1-2H3,(H,26,29). The minimum Gasteiger partial charge on any atom is -0.378 e. The van der Waals surface area contributed by atoms with E-state index in [9.17, 15) is 13.2 Å². The van der Waals surface area contributed by atoms with E-state index >= 15 is 0 Å². The number of ether oxygens (including phenoxy) is 1. The Morgan fingerprint density at radius 2 is 1.48 bits per heavy atom.